The van der Waals surface area contributed by atoms with E-state index in [0.717, 1.165) is 16.1 Å². The van der Waals surface area contributed by atoms with Gasteiger partial charge in [-0.1, -0.05) is 18.2 Å². The van der Waals surface area contributed by atoms with Gasteiger partial charge in [-0.25, -0.2) is 5.43 Å². The number of hydrogen-bond donors (Lipinski definition) is 2. The second kappa shape index (κ2) is 5.42. The van der Waals surface area contributed by atoms with Gasteiger partial charge >= 0.3 is 6.36 Å². The van der Waals surface area contributed by atoms with Gasteiger partial charge in [0.15, 0.2) is 0 Å². The van der Waals surface area contributed by atoms with Crippen LogP contribution in [0.2, 0.25) is 0 Å². The molecular weight excluding hydrogens is 301 g/mol. The van der Waals surface area contributed by atoms with Crippen molar-refractivity contribution in [3.63, 3.8) is 0 Å². The van der Waals surface area contributed by atoms with E-state index in [1.54, 1.807) is 23.5 Å². The molecule has 1 atom stereocenters. The Morgan fingerprint density at radius 1 is 1.10 bits per heavy atom. The molecule has 0 spiro atoms. The maximum atomic E-state index is 12.1. The number of rotatable bonds is 3. The average molecular weight is 312 g/mol. The van der Waals surface area contributed by atoms with Gasteiger partial charge in [0.25, 0.3) is 0 Å². The third-order valence-electron chi connectivity index (χ3n) is 2.96. The lowest BCUT2D eigenvalue weighted by Crippen LogP contribution is -2.26. The Kier molecular flexibility index (Phi) is 3.60. The van der Waals surface area contributed by atoms with Gasteiger partial charge in [0.2, 0.25) is 0 Å². The zero-order valence-corrected chi connectivity index (χ0v) is 11.5. The van der Waals surface area contributed by atoms with Crippen molar-refractivity contribution >= 4 is 17.0 Å². The number of nitrogens with one attached hydrogen (secondary N) is 2. The fourth-order valence-electron chi connectivity index (χ4n) is 2.04. The molecule has 0 aliphatic carbocycles. The summed E-state index contributed by atoms with van der Waals surface area (Å²) in [6.07, 6.45) is -2.67. The minimum absolute atomic E-state index is 0.0953. The lowest BCUT2D eigenvalue weighted by molar-refractivity contribution is -0.274. The lowest BCUT2D eigenvalue weighted by Gasteiger charge is -2.11. The fourth-order valence-corrected chi connectivity index (χ4v) is 2.74. The molecule has 0 bridgehead atoms. The molecule has 0 fully saturated rings. The highest BCUT2D eigenvalue weighted by Gasteiger charge is 2.31. The fraction of sp³-hybridized carbons (Fsp3) is 0.143. The van der Waals surface area contributed by atoms with Gasteiger partial charge in [-0.3, -0.25) is 0 Å². The zero-order chi connectivity index (χ0) is 14.9. The van der Waals surface area contributed by atoms with E-state index in [0.29, 0.717) is 0 Å². The van der Waals surface area contributed by atoms with Crippen LogP contribution in [0.1, 0.15) is 16.5 Å². The highest BCUT2D eigenvalue weighted by Crippen LogP contribution is 2.28. The first kappa shape index (κ1) is 14.0. The van der Waals surface area contributed by atoms with Crippen LogP contribution in [0.3, 0.4) is 0 Å². The summed E-state index contributed by atoms with van der Waals surface area (Å²) in [5.41, 5.74) is 7.96. The number of halogens is 3. The molecule has 1 aliphatic rings. The molecule has 2 N–H and O–H groups in total. The second-order valence-corrected chi connectivity index (χ2v) is 5.37. The first-order valence-electron chi connectivity index (χ1n) is 6.14. The Morgan fingerprint density at radius 2 is 1.86 bits per heavy atom. The monoisotopic (exact) mass is 312 g/mol. The quantitative estimate of drug-likeness (QED) is 0.903. The molecule has 2 heterocycles. The van der Waals surface area contributed by atoms with E-state index in [4.69, 9.17) is 0 Å². The number of thiophene rings is 1. The van der Waals surface area contributed by atoms with Crippen LogP contribution in [-0.4, -0.2) is 6.36 Å². The highest BCUT2D eigenvalue weighted by atomic mass is 32.1. The first-order chi connectivity index (χ1) is 10.0. The number of hydrogen-bond acceptors (Lipinski definition) is 4. The van der Waals surface area contributed by atoms with E-state index in [9.17, 15) is 13.2 Å². The molecule has 1 unspecified atom stereocenters. The predicted octanol–water partition coefficient (Wildman–Crippen LogP) is 3.84. The van der Waals surface area contributed by atoms with E-state index < -0.39 is 6.36 Å². The van der Waals surface area contributed by atoms with Gasteiger partial charge in [-0.05, 0) is 35.2 Å². The molecule has 110 valence electrons. The molecule has 3 rings (SSSR count). The Bertz CT molecular complexity index is 635. The van der Waals surface area contributed by atoms with Crippen molar-refractivity contribution in [2.45, 2.75) is 12.4 Å². The number of benzene rings is 1. The molecule has 1 aliphatic heterocycles. The van der Waals surface area contributed by atoms with Crippen molar-refractivity contribution < 1.29 is 17.9 Å². The van der Waals surface area contributed by atoms with Crippen molar-refractivity contribution in [2.24, 2.45) is 0 Å². The molecule has 2 aromatic rings. The minimum Gasteiger partial charge on any atom is -0.406 e. The third-order valence-corrected chi connectivity index (χ3v) is 3.86. The van der Waals surface area contributed by atoms with E-state index in [2.05, 4.69) is 15.6 Å². The van der Waals surface area contributed by atoms with Crippen LogP contribution in [0.25, 0.3) is 5.70 Å². The van der Waals surface area contributed by atoms with Crippen molar-refractivity contribution in [1.82, 2.24) is 10.9 Å². The largest absolute Gasteiger partial charge is 0.573 e. The predicted molar refractivity (Wildman–Crippen MR) is 74.4 cm³/mol. The maximum Gasteiger partial charge on any atom is 0.573 e. The molecule has 0 amide bonds. The summed E-state index contributed by atoms with van der Waals surface area (Å²) in [7, 11) is 0. The Labute approximate surface area is 123 Å². The van der Waals surface area contributed by atoms with E-state index in [-0.39, 0.29) is 11.8 Å². The van der Waals surface area contributed by atoms with Gasteiger partial charge in [0, 0.05) is 0 Å². The van der Waals surface area contributed by atoms with Crippen LogP contribution >= 0.6 is 11.3 Å². The molecule has 0 saturated carbocycles. The lowest BCUT2D eigenvalue weighted by atomic mass is 10.1. The molecule has 1 aromatic carbocycles. The standard InChI is InChI=1S/C14H11F3N2OS/c15-14(16,17)20-10-5-3-9(4-6-10)11-8-12(19-18-11)13-2-1-7-21-13/h1-8,11,18-19H. The Hall–Kier alpha value is -1.99. The minimum atomic E-state index is -4.67. The van der Waals surface area contributed by atoms with Crippen molar-refractivity contribution in [2.75, 3.05) is 0 Å². The Morgan fingerprint density at radius 3 is 2.48 bits per heavy atom. The number of alkyl halides is 3. The summed E-state index contributed by atoms with van der Waals surface area (Å²) < 4.78 is 40.1. The van der Waals surface area contributed by atoms with Crippen LogP contribution in [0.15, 0.2) is 47.9 Å². The summed E-state index contributed by atoms with van der Waals surface area (Å²) in [6, 6.07) is 9.68. The normalized spacial score (nSPS) is 18.2. The average Bonchev–Trinajstić information content (AvgIpc) is 3.09. The molecule has 21 heavy (non-hydrogen) atoms. The van der Waals surface area contributed by atoms with Gasteiger partial charge in [0.05, 0.1) is 16.6 Å². The zero-order valence-electron chi connectivity index (χ0n) is 10.6. The van der Waals surface area contributed by atoms with Crippen LogP contribution in [0, 0.1) is 0 Å². The maximum absolute atomic E-state index is 12.1. The molecule has 1 aromatic heterocycles. The van der Waals surface area contributed by atoms with Crippen molar-refractivity contribution in [1.29, 1.82) is 0 Å². The van der Waals surface area contributed by atoms with Crippen LogP contribution < -0.4 is 15.6 Å². The molecule has 3 nitrogen and oxygen atoms in total. The first-order valence-corrected chi connectivity index (χ1v) is 7.02. The SMILES string of the molecule is FC(F)(F)Oc1ccc(C2C=C(c3cccs3)NN2)cc1. The van der Waals surface area contributed by atoms with Crippen molar-refractivity contribution in [3.05, 3.63) is 58.3 Å². The van der Waals surface area contributed by atoms with E-state index in [1.807, 2.05) is 23.6 Å². The summed E-state index contributed by atoms with van der Waals surface area (Å²) in [6.45, 7) is 0. The van der Waals surface area contributed by atoms with Crippen LogP contribution in [-0.2, 0) is 0 Å². The number of ether oxygens (including phenoxy) is 1. The van der Waals surface area contributed by atoms with Gasteiger partial charge in [0.1, 0.15) is 5.75 Å². The second-order valence-electron chi connectivity index (χ2n) is 4.42. The van der Waals surface area contributed by atoms with Gasteiger partial charge in [-0.15, -0.1) is 24.5 Å². The highest BCUT2D eigenvalue weighted by molar-refractivity contribution is 7.11. The van der Waals surface area contributed by atoms with Crippen LogP contribution in [0.4, 0.5) is 13.2 Å². The summed E-state index contributed by atoms with van der Waals surface area (Å²) in [5, 5.41) is 1.98. The van der Waals surface area contributed by atoms with Gasteiger partial charge < -0.3 is 10.2 Å². The summed E-state index contributed by atoms with van der Waals surface area (Å²) in [4.78, 5) is 1.10. The molecule has 0 radical (unpaired) electrons. The Balaban J connectivity index is 1.73. The van der Waals surface area contributed by atoms with Crippen molar-refractivity contribution in [3.8, 4) is 5.75 Å². The van der Waals surface area contributed by atoms with E-state index in [1.165, 1.54) is 12.1 Å². The van der Waals surface area contributed by atoms with E-state index >= 15 is 0 Å². The molecule has 7 heteroatoms. The van der Waals surface area contributed by atoms with Crippen LogP contribution in [0.5, 0.6) is 5.75 Å². The molecule has 0 saturated heterocycles. The summed E-state index contributed by atoms with van der Waals surface area (Å²) >= 11 is 1.61. The molecular formula is C14H11F3N2OS. The summed E-state index contributed by atoms with van der Waals surface area (Å²) in [5.74, 6) is -0.223. The topological polar surface area (TPSA) is 33.3 Å². The number of hydrazine groups is 1. The smallest absolute Gasteiger partial charge is 0.406 e. The third kappa shape index (κ3) is 3.37. The van der Waals surface area contributed by atoms with Gasteiger partial charge in [-0.2, -0.15) is 0 Å².